The first-order valence-electron chi connectivity index (χ1n) is 9.75. The Morgan fingerprint density at radius 1 is 1.00 bits per heavy atom. The maximum absolute atomic E-state index is 13.1. The minimum absolute atomic E-state index is 0.221. The van der Waals surface area contributed by atoms with E-state index in [-0.39, 0.29) is 23.9 Å². The molecular weight excluding hydrogens is 487 g/mol. The molecule has 0 saturated carbocycles. The van der Waals surface area contributed by atoms with E-state index in [0.29, 0.717) is 21.3 Å². The number of carbonyl (C=O) groups is 1. The topological polar surface area (TPSA) is 66.5 Å². The molecule has 0 atom stereocenters. The third-order valence-electron chi connectivity index (χ3n) is 4.81. The zero-order valence-electron chi connectivity index (χ0n) is 17.5. The predicted octanol–water partition coefficient (Wildman–Crippen LogP) is 5.86. The molecule has 1 N–H and O–H groups in total. The monoisotopic (exact) mass is 508 g/mol. The van der Waals surface area contributed by atoms with Gasteiger partial charge in [0.15, 0.2) is 0 Å². The molecule has 0 aliphatic heterocycles. The van der Waals surface area contributed by atoms with Crippen LogP contribution in [0.3, 0.4) is 0 Å². The van der Waals surface area contributed by atoms with Crippen LogP contribution in [0.15, 0.2) is 76.5 Å². The van der Waals surface area contributed by atoms with Crippen molar-refractivity contribution in [1.29, 1.82) is 0 Å². The zero-order valence-corrected chi connectivity index (χ0v) is 20.7. The van der Waals surface area contributed by atoms with Gasteiger partial charge in [-0.05, 0) is 79.4 Å². The van der Waals surface area contributed by atoms with Crippen LogP contribution >= 0.6 is 35.0 Å². The zero-order chi connectivity index (χ0) is 23.3. The second-order valence-electron chi connectivity index (χ2n) is 6.81. The highest BCUT2D eigenvalue weighted by molar-refractivity contribution is 7.98. The summed E-state index contributed by atoms with van der Waals surface area (Å²) in [6, 6.07) is 18.3. The minimum atomic E-state index is -3.72. The molecule has 168 valence electrons. The average Bonchev–Trinajstić information content (AvgIpc) is 2.79. The Hall–Kier alpha value is -2.19. The van der Waals surface area contributed by atoms with Gasteiger partial charge in [-0.2, -0.15) is 0 Å². The number of nitrogens with zero attached hydrogens (tertiary/aromatic N) is 1. The standard InChI is InChI=1S/C23H22Cl2N2O3S2/c1-3-27(32(29,30)21-12-10-20(31-2)11-13-21)19-8-5-16(6-9-19)23(28)26-15-17-4-7-18(24)14-22(17)25/h4-14H,3,15H2,1-2H3,(H,26,28). The fourth-order valence-electron chi connectivity index (χ4n) is 3.09. The van der Waals surface area contributed by atoms with Crippen molar-refractivity contribution in [2.24, 2.45) is 0 Å². The largest absolute Gasteiger partial charge is 0.348 e. The molecular formula is C23H22Cl2N2O3S2. The highest BCUT2D eigenvalue weighted by Gasteiger charge is 2.23. The van der Waals surface area contributed by atoms with Crippen LogP contribution in [-0.4, -0.2) is 27.1 Å². The number of nitrogens with one attached hydrogen (secondary N) is 1. The molecule has 0 aromatic heterocycles. The van der Waals surface area contributed by atoms with Crippen molar-refractivity contribution in [1.82, 2.24) is 5.32 Å². The normalized spacial score (nSPS) is 11.2. The smallest absolute Gasteiger partial charge is 0.264 e. The SMILES string of the molecule is CCN(c1ccc(C(=O)NCc2ccc(Cl)cc2Cl)cc1)S(=O)(=O)c1ccc(SC)cc1. The summed E-state index contributed by atoms with van der Waals surface area (Å²) in [6.07, 6.45) is 1.93. The lowest BCUT2D eigenvalue weighted by Crippen LogP contribution is -2.31. The number of benzene rings is 3. The van der Waals surface area contributed by atoms with Crippen LogP contribution in [0, 0.1) is 0 Å². The van der Waals surface area contributed by atoms with Crippen molar-refractivity contribution < 1.29 is 13.2 Å². The van der Waals surface area contributed by atoms with Gasteiger partial charge >= 0.3 is 0 Å². The summed E-state index contributed by atoms with van der Waals surface area (Å²) in [7, 11) is -3.72. The van der Waals surface area contributed by atoms with Gasteiger partial charge in [0.2, 0.25) is 0 Å². The first kappa shape index (κ1) is 24.5. The first-order valence-corrected chi connectivity index (χ1v) is 13.2. The Balaban J connectivity index is 1.74. The van der Waals surface area contributed by atoms with Gasteiger partial charge in [0, 0.05) is 33.6 Å². The van der Waals surface area contributed by atoms with Crippen LogP contribution in [0.25, 0.3) is 0 Å². The number of carbonyl (C=O) groups excluding carboxylic acids is 1. The first-order chi connectivity index (χ1) is 15.3. The van der Waals surface area contributed by atoms with Gasteiger partial charge < -0.3 is 5.32 Å². The van der Waals surface area contributed by atoms with Gasteiger partial charge in [0.25, 0.3) is 15.9 Å². The van der Waals surface area contributed by atoms with Gasteiger partial charge in [-0.25, -0.2) is 8.42 Å². The molecule has 5 nitrogen and oxygen atoms in total. The van der Waals surface area contributed by atoms with Crippen LogP contribution in [0.2, 0.25) is 10.0 Å². The maximum Gasteiger partial charge on any atom is 0.264 e. The van der Waals surface area contributed by atoms with E-state index in [2.05, 4.69) is 5.32 Å². The molecule has 32 heavy (non-hydrogen) atoms. The van der Waals surface area contributed by atoms with Gasteiger partial charge in [-0.3, -0.25) is 9.10 Å². The Morgan fingerprint density at radius 2 is 1.66 bits per heavy atom. The third-order valence-corrected chi connectivity index (χ3v) is 8.05. The van der Waals surface area contributed by atoms with Crippen LogP contribution in [0.1, 0.15) is 22.8 Å². The molecule has 0 heterocycles. The molecule has 0 unspecified atom stereocenters. The number of amides is 1. The van der Waals surface area contributed by atoms with Crippen LogP contribution in [0.4, 0.5) is 5.69 Å². The lowest BCUT2D eigenvalue weighted by Gasteiger charge is -2.23. The van der Waals surface area contributed by atoms with Gasteiger partial charge in [0.1, 0.15) is 0 Å². The van der Waals surface area contributed by atoms with Gasteiger partial charge in [-0.1, -0.05) is 29.3 Å². The summed E-state index contributed by atoms with van der Waals surface area (Å²) in [5.74, 6) is -0.291. The van der Waals surface area contributed by atoms with E-state index in [1.807, 2.05) is 6.26 Å². The van der Waals surface area contributed by atoms with Crippen molar-refractivity contribution in [3.63, 3.8) is 0 Å². The van der Waals surface area contributed by atoms with E-state index in [9.17, 15) is 13.2 Å². The van der Waals surface area contributed by atoms with E-state index < -0.39 is 10.0 Å². The van der Waals surface area contributed by atoms with Gasteiger partial charge in [0.05, 0.1) is 10.6 Å². The maximum atomic E-state index is 13.1. The number of hydrogen-bond donors (Lipinski definition) is 1. The molecule has 0 aliphatic rings. The number of sulfonamides is 1. The molecule has 0 spiro atoms. The number of halogens is 2. The number of rotatable bonds is 8. The summed E-state index contributed by atoms with van der Waals surface area (Å²) in [4.78, 5) is 13.7. The Labute approximate surface area is 202 Å². The third kappa shape index (κ3) is 5.59. The summed E-state index contributed by atoms with van der Waals surface area (Å²) in [5.41, 5.74) is 1.65. The molecule has 0 saturated heterocycles. The van der Waals surface area contributed by atoms with E-state index in [0.717, 1.165) is 10.5 Å². The predicted molar refractivity (Wildman–Crippen MR) is 133 cm³/mol. The fourth-order valence-corrected chi connectivity index (χ4v) is 5.45. The summed E-state index contributed by atoms with van der Waals surface area (Å²) < 4.78 is 27.5. The fraction of sp³-hybridized carbons (Fsp3) is 0.174. The molecule has 3 aromatic carbocycles. The molecule has 3 rings (SSSR count). The van der Waals surface area contributed by atoms with Crippen molar-refractivity contribution in [3.05, 3.63) is 87.9 Å². The highest BCUT2D eigenvalue weighted by atomic mass is 35.5. The molecule has 1 amide bonds. The highest BCUT2D eigenvalue weighted by Crippen LogP contribution is 2.26. The van der Waals surface area contributed by atoms with E-state index in [4.69, 9.17) is 23.2 Å². The summed E-state index contributed by atoms with van der Waals surface area (Å²) in [5, 5.41) is 3.80. The van der Waals surface area contributed by atoms with E-state index in [1.54, 1.807) is 85.4 Å². The summed E-state index contributed by atoms with van der Waals surface area (Å²) >= 11 is 13.6. The second-order valence-corrected chi connectivity index (χ2v) is 10.4. The lowest BCUT2D eigenvalue weighted by atomic mass is 10.1. The quantitative estimate of drug-likeness (QED) is 0.387. The number of hydrogen-bond acceptors (Lipinski definition) is 4. The van der Waals surface area contributed by atoms with Crippen LogP contribution in [-0.2, 0) is 16.6 Å². The Kier molecular flexibility index (Phi) is 8.11. The average molecular weight is 509 g/mol. The molecule has 0 bridgehead atoms. The van der Waals surface area contributed by atoms with Crippen molar-refractivity contribution in [2.45, 2.75) is 23.3 Å². The number of anilines is 1. The second kappa shape index (κ2) is 10.6. The minimum Gasteiger partial charge on any atom is -0.348 e. The van der Waals surface area contributed by atoms with Crippen molar-refractivity contribution in [2.75, 3.05) is 17.1 Å². The van der Waals surface area contributed by atoms with Crippen LogP contribution < -0.4 is 9.62 Å². The van der Waals surface area contributed by atoms with E-state index >= 15 is 0 Å². The van der Waals surface area contributed by atoms with Crippen LogP contribution in [0.5, 0.6) is 0 Å². The van der Waals surface area contributed by atoms with Crippen molar-refractivity contribution in [3.8, 4) is 0 Å². The Bertz CT molecular complexity index is 1200. The van der Waals surface area contributed by atoms with Gasteiger partial charge in [-0.15, -0.1) is 11.8 Å². The number of thioether (sulfide) groups is 1. The lowest BCUT2D eigenvalue weighted by molar-refractivity contribution is 0.0951. The van der Waals surface area contributed by atoms with E-state index in [1.165, 1.54) is 4.31 Å². The molecule has 0 aliphatic carbocycles. The molecule has 0 radical (unpaired) electrons. The summed E-state index contributed by atoms with van der Waals surface area (Å²) in [6.45, 7) is 2.27. The van der Waals surface area contributed by atoms with Crippen molar-refractivity contribution >= 4 is 56.6 Å². The molecule has 3 aromatic rings. The Morgan fingerprint density at radius 3 is 2.22 bits per heavy atom. The molecule has 9 heteroatoms. The molecule has 0 fully saturated rings.